The monoisotopic (exact) mass is 283 g/mol. The molecule has 1 atom stereocenters. The van der Waals surface area contributed by atoms with Crippen molar-refractivity contribution in [2.45, 2.75) is 46.1 Å². The molecule has 0 bridgehead atoms. The molecule has 0 unspecified atom stereocenters. The van der Waals surface area contributed by atoms with E-state index in [1.165, 1.54) is 0 Å². The highest BCUT2D eigenvalue weighted by Crippen LogP contribution is 2.22. The first-order chi connectivity index (χ1) is 8.94. The molecule has 4 heteroatoms. The molecule has 108 valence electrons. The van der Waals surface area contributed by atoms with Gasteiger partial charge in [0.15, 0.2) is 0 Å². The highest BCUT2D eigenvalue weighted by molar-refractivity contribution is 7.89. The molecule has 0 radical (unpaired) electrons. The first-order valence-electron chi connectivity index (χ1n) is 6.99. The molecule has 3 nitrogen and oxygen atoms in total. The summed E-state index contributed by atoms with van der Waals surface area (Å²) in [4.78, 5) is 0. The first kappa shape index (κ1) is 16.2. The second kappa shape index (κ2) is 7.65. The van der Waals surface area contributed by atoms with Gasteiger partial charge in [-0.2, -0.15) is 0 Å². The van der Waals surface area contributed by atoms with Gasteiger partial charge in [-0.25, -0.2) is 13.1 Å². The maximum absolute atomic E-state index is 12.0. The Balaban J connectivity index is 2.81. The van der Waals surface area contributed by atoms with E-state index in [0.29, 0.717) is 12.3 Å². The molecule has 0 aliphatic carbocycles. The predicted molar refractivity (Wildman–Crippen MR) is 80.5 cm³/mol. The Morgan fingerprint density at radius 2 is 1.79 bits per heavy atom. The summed E-state index contributed by atoms with van der Waals surface area (Å²) in [5.74, 6) is 0.657. The van der Waals surface area contributed by atoms with Gasteiger partial charge in [0.1, 0.15) is 0 Å². The van der Waals surface area contributed by atoms with E-state index in [4.69, 9.17) is 0 Å². The van der Waals surface area contributed by atoms with Crippen molar-refractivity contribution in [2.24, 2.45) is 5.92 Å². The zero-order valence-corrected chi connectivity index (χ0v) is 12.9. The minimum absolute atomic E-state index is 0.122. The van der Waals surface area contributed by atoms with Gasteiger partial charge in [0.05, 0.1) is 5.75 Å². The zero-order chi connectivity index (χ0) is 14.3. The average Bonchev–Trinajstić information content (AvgIpc) is 2.36. The SMILES string of the molecule is CCCCS(=O)(=O)N[C@H](CC(C)C)c1ccccc1. The molecule has 0 saturated heterocycles. The lowest BCUT2D eigenvalue weighted by Crippen LogP contribution is -2.31. The molecule has 1 N–H and O–H groups in total. The summed E-state index contributed by atoms with van der Waals surface area (Å²) in [5, 5.41) is 0. The van der Waals surface area contributed by atoms with Gasteiger partial charge in [0.25, 0.3) is 0 Å². The van der Waals surface area contributed by atoms with Crippen LogP contribution in [0.15, 0.2) is 30.3 Å². The van der Waals surface area contributed by atoms with Gasteiger partial charge in [-0.3, -0.25) is 0 Å². The van der Waals surface area contributed by atoms with Crippen molar-refractivity contribution in [1.29, 1.82) is 0 Å². The minimum Gasteiger partial charge on any atom is -0.212 e. The van der Waals surface area contributed by atoms with Gasteiger partial charge in [0.2, 0.25) is 10.0 Å². The van der Waals surface area contributed by atoms with E-state index in [0.717, 1.165) is 18.4 Å². The average molecular weight is 283 g/mol. The number of hydrogen-bond acceptors (Lipinski definition) is 2. The van der Waals surface area contributed by atoms with Gasteiger partial charge in [0, 0.05) is 6.04 Å². The quantitative estimate of drug-likeness (QED) is 0.793. The van der Waals surface area contributed by atoms with E-state index in [1.807, 2.05) is 37.3 Å². The third-order valence-corrected chi connectivity index (χ3v) is 4.47. The Kier molecular flexibility index (Phi) is 6.52. The minimum atomic E-state index is -3.19. The molecule has 0 heterocycles. The highest BCUT2D eigenvalue weighted by Gasteiger charge is 2.19. The Bertz CT molecular complexity index is 454. The summed E-state index contributed by atoms with van der Waals surface area (Å²) in [5.41, 5.74) is 1.04. The lowest BCUT2D eigenvalue weighted by atomic mass is 9.98. The van der Waals surface area contributed by atoms with Crippen LogP contribution in [0.2, 0.25) is 0 Å². The fourth-order valence-corrected chi connectivity index (χ4v) is 3.47. The van der Waals surface area contributed by atoms with Crippen molar-refractivity contribution in [1.82, 2.24) is 4.72 Å². The van der Waals surface area contributed by atoms with Crippen molar-refractivity contribution in [3.8, 4) is 0 Å². The van der Waals surface area contributed by atoms with Crippen LogP contribution in [-0.2, 0) is 10.0 Å². The lowest BCUT2D eigenvalue weighted by molar-refractivity contribution is 0.471. The Morgan fingerprint density at radius 3 is 2.32 bits per heavy atom. The van der Waals surface area contributed by atoms with E-state index in [9.17, 15) is 8.42 Å². The summed E-state index contributed by atoms with van der Waals surface area (Å²) in [6, 6.07) is 9.68. The smallest absolute Gasteiger partial charge is 0.212 e. The molecule has 1 rings (SSSR count). The topological polar surface area (TPSA) is 46.2 Å². The first-order valence-corrected chi connectivity index (χ1v) is 8.64. The van der Waals surface area contributed by atoms with Crippen LogP contribution in [0.5, 0.6) is 0 Å². The van der Waals surface area contributed by atoms with Crippen molar-refractivity contribution in [2.75, 3.05) is 5.75 Å². The molecule has 0 spiro atoms. The number of nitrogens with one attached hydrogen (secondary N) is 1. The van der Waals surface area contributed by atoms with E-state index in [2.05, 4.69) is 18.6 Å². The number of unbranched alkanes of at least 4 members (excludes halogenated alkanes) is 1. The molecule has 0 aliphatic rings. The summed E-state index contributed by atoms with van der Waals surface area (Å²) >= 11 is 0. The van der Waals surface area contributed by atoms with Crippen LogP contribution < -0.4 is 4.72 Å². The molecule has 0 aliphatic heterocycles. The van der Waals surface area contributed by atoms with Crippen molar-refractivity contribution < 1.29 is 8.42 Å². The highest BCUT2D eigenvalue weighted by atomic mass is 32.2. The molecule has 1 aromatic rings. The molecular formula is C15H25NO2S. The fraction of sp³-hybridized carbons (Fsp3) is 0.600. The number of sulfonamides is 1. The van der Waals surface area contributed by atoms with Crippen LogP contribution in [0, 0.1) is 5.92 Å². The maximum atomic E-state index is 12.0. The van der Waals surface area contributed by atoms with Crippen LogP contribution in [0.3, 0.4) is 0 Å². The van der Waals surface area contributed by atoms with Gasteiger partial charge >= 0.3 is 0 Å². The molecule has 0 saturated carbocycles. The number of rotatable bonds is 8. The van der Waals surface area contributed by atoms with E-state index in [1.54, 1.807) is 0 Å². The van der Waals surface area contributed by atoms with Gasteiger partial charge in [-0.05, 0) is 24.3 Å². The van der Waals surface area contributed by atoms with Crippen LogP contribution in [0.4, 0.5) is 0 Å². The molecule has 1 aromatic carbocycles. The Morgan fingerprint density at radius 1 is 1.16 bits per heavy atom. The van der Waals surface area contributed by atoms with E-state index >= 15 is 0 Å². The molecule has 0 aromatic heterocycles. The standard InChI is InChI=1S/C15H25NO2S/c1-4-5-11-19(17,18)16-15(12-13(2)3)14-9-7-6-8-10-14/h6-10,13,15-16H,4-5,11-12H2,1-3H3/t15-/m1/s1. The molecule has 0 amide bonds. The Labute approximate surface area is 117 Å². The maximum Gasteiger partial charge on any atom is 0.212 e. The fourth-order valence-electron chi connectivity index (χ4n) is 2.02. The lowest BCUT2D eigenvalue weighted by Gasteiger charge is -2.21. The van der Waals surface area contributed by atoms with Crippen LogP contribution >= 0.6 is 0 Å². The van der Waals surface area contributed by atoms with Crippen molar-refractivity contribution in [3.63, 3.8) is 0 Å². The van der Waals surface area contributed by atoms with E-state index < -0.39 is 10.0 Å². The van der Waals surface area contributed by atoms with E-state index in [-0.39, 0.29) is 11.8 Å². The zero-order valence-electron chi connectivity index (χ0n) is 12.1. The van der Waals surface area contributed by atoms with Gasteiger partial charge in [-0.15, -0.1) is 0 Å². The van der Waals surface area contributed by atoms with Crippen molar-refractivity contribution >= 4 is 10.0 Å². The predicted octanol–water partition coefficient (Wildman–Crippen LogP) is 3.49. The summed E-state index contributed by atoms with van der Waals surface area (Å²) in [6.45, 7) is 6.21. The summed E-state index contributed by atoms with van der Waals surface area (Å²) in [6.07, 6.45) is 2.41. The summed E-state index contributed by atoms with van der Waals surface area (Å²) < 4.78 is 26.9. The van der Waals surface area contributed by atoms with Crippen LogP contribution in [0.25, 0.3) is 0 Å². The molecular weight excluding hydrogens is 258 g/mol. The largest absolute Gasteiger partial charge is 0.212 e. The Hall–Kier alpha value is -0.870. The van der Waals surface area contributed by atoms with Crippen LogP contribution in [0.1, 0.15) is 51.6 Å². The second-order valence-electron chi connectivity index (χ2n) is 5.38. The molecule has 19 heavy (non-hydrogen) atoms. The van der Waals surface area contributed by atoms with Crippen molar-refractivity contribution in [3.05, 3.63) is 35.9 Å². The number of hydrogen-bond donors (Lipinski definition) is 1. The van der Waals surface area contributed by atoms with Gasteiger partial charge < -0.3 is 0 Å². The third kappa shape index (κ3) is 6.21. The third-order valence-electron chi connectivity index (χ3n) is 3.00. The van der Waals surface area contributed by atoms with Gasteiger partial charge in [-0.1, -0.05) is 57.5 Å². The molecule has 0 fully saturated rings. The number of benzene rings is 1. The summed E-state index contributed by atoms with van der Waals surface area (Å²) in [7, 11) is -3.19. The normalized spacial score (nSPS) is 13.7. The second-order valence-corrected chi connectivity index (χ2v) is 7.26. The van der Waals surface area contributed by atoms with Crippen LogP contribution in [-0.4, -0.2) is 14.2 Å².